The maximum atomic E-state index is 14.6. The molecule has 0 spiro atoms. The maximum Gasteiger partial charge on any atom is 0.404 e. The van der Waals surface area contributed by atoms with Crippen molar-refractivity contribution in [2.24, 2.45) is 0 Å². The summed E-state index contributed by atoms with van der Waals surface area (Å²) < 4.78 is 34.0. The molecule has 0 aliphatic carbocycles. The average molecular weight is 396 g/mol. The Morgan fingerprint density at radius 1 is 1.50 bits per heavy atom. The van der Waals surface area contributed by atoms with Crippen LogP contribution in [0.4, 0.5) is 13.6 Å². The Morgan fingerprint density at radius 3 is 2.93 bits per heavy atom. The molecule has 2 aromatic rings. The second-order valence-electron chi connectivity index (χ2n) is 6.74. The van der Waals surface area contributed by atoms with Crippen LogP contribution in [0.15, 0.2) is 18.3 Å². The zero-order chi connectivity index (χ0) is 20.3. The standard InChI is InChI=1S/C18H22F2N4O4/c1-28-15-3-2-14-17(23-15)16(11(19)6-21-14)10(9-25)7-24-5-4-13(12(20)8-24)22-18(26)27/h2-3,6,10,12-13,22,25H,4-5,7-9H2,1H3,(H,26,27)/t10?,12-,13+/m1/s1. The molecule has 8 nitrogen and oxygen atoms in total. The Bertz CT molecular complexity index is 854. The lowest BCUT2D eigenvalue weighted by Crippen LogP contribution is -2.52. The van der Waals surface area contributed by atoms with Gasteiger partial charge in [0.25, 0.3) is 0 Å². The van der Waals surface area contributed by atoms with E-state index in [1.807, 2.05) is 0 Å². The smallest absolute Gasteiger partial charge is 0.404 e. The summed E-state index contributed by atoms with van der Waals surface area (Å²) in [6, 6.07) is 2.49. The number of aromatic nitrogens is 2. The second kappa shape index (κ2) is 8.61. The molecule has 3 atom stereocenters. The third-order valence-corrected chi connectivity index (χ3v) is 4.93. The molecular formula is C18H22F2N4O4. The number of aliphatic hydroxyl groups excluding tert-OH is 1. The fourth-order valence-electron chi connectivity index (χ4n) is 3.55. The molecule has 10 heteroatoms. The third-order valence-electron chi connectivity index (χ3n) is 4.93. The van der Waals surface area contributed by atoms with Gasteiger partial charge in [-0.15, -0.1) is 0 Å². The van der Waals surface area contributed by atoms with E-state index in [1.54, 1.807) is 17.0 Å². The van der Waals surface area contributed by atoms with Gasteiger partial charge in [-0.2, -0.15) is 0 Å². The number of ether oxygens (including phenoxy) is 1. The van der Waals surface area contributed by atoms with E-state index >= 15 is 0 Å². The summed E-state index contributed by atoms with van der Waals surface area (Å²) in [5.74, 6) is -0.963. The fourth-order valence-corrected chi connectivity index (χ4v) is 3.55. The lowest BCUT2D eigenvalue weighted by atomic mass is 9.95. The molecule has 1 unspecified atom stereocenters. The quantitative estimate of drug-likeness (QED) is 0.680. The highest BCUT2D eigenvalue weighted by Gasteiger charge is 2.32. The van der Waals surface area contributed by atoms with E-state index in [4.69, 9.17) is 9.84 Å². The fraction of sp³-hybridized carbons (Fsp3) is 0.500. The first kappa shape index (κ1) is 20.2. The number of rotatable bonds is 6. The Hall–Kier alpha value is -2.59. The number of alkyl halides is 1. The number of hydrogen-bond acceptors (Lipinski definition) is 6. The predicted molar refractivity (Wildman–Crippen MR) is 96.8 cm³/mol. The summed E-state index contributed by atoms with van der Waals surface area (Å²) in [7, 11) is 1.45. The number of nitrogens with one attached hydrogen (secondary N) is 1. The van der Waals surface area contributed by atoms with E-state index in [2.05, 4.69) is 15.3 Å². The number of methoxy groups -OCH3 is 1. The minimum atomic E-state index is -1.39. The molecule has 0 radical (unpaired) electrons. The number of aliphatic hydroxyl groups is 1. The number of nitrogens with zero attached hydrogens (tertiary/aromatic N) is 3. The van der Waals surface area contributed by atoms with Crippen molar-refractivity contribution in [3.05, 3.63) is 29.7 Å². The molecule has 1 aliphatic heterocycles. The molecular weight excluding hydrogens is 374 g/mol. The molecule has 0 saturated carbocycles. The van der Waals surface area contributed by atoms with E-state index in [-0.39, 0.29) is 37.2 Å². The molecule has 152 valence electrons. The molecule has 1 fully saturated rings. The number of piperidine rings is 1. The van der Waals surface area contributed by atoms with Crippen LogP contribution < -0.4 is 10.1 Å². The van der Waals surface area contributed by atoms with Gasteiger partial charge in [-0.05, 0) is 12.5 Å². The summed E-state index contributed by atoms with van der Waals surface area (Å²) in [4.78, 5) is 20.8. The Kier molecular flexibility index (Phi) is 6.20. The highest BCUT2D eigenvalue weighted by molar-refractivity contribution is 5.79. The van der Waals surface area contributed by atoms with Crippen molar-refractivity contribution in [1.29, 1.82) is 0 Å². The summed E-state index contributed by atoms with van der Waals surface area (Å²) in [5.41, 5.74) is 0.952. The van der Waals surface area contributed by atoms with E-state index in [1.165, 1.54) is 7.11 Å². The van der Waals surface area contributed by atoms with Crippen LogP contribution in [0.25, 0.3) is 11.0 Å². The van der Waals surface area contributed by atoms with E-state index in [0.29, 0.717) is 17.9 Å². The van der Waals surface area contributed by atoms with E-state index in [9.17, 15) is 18.7 Å². The molecule has 1 saturated heterocycles. The molecule has 1 amide bonds. The lowest BCUT2D eigenvalue weighted by molar-refractivity contribution is 0.0890. The minimum absolute atomic E-state index is 0.0111. The molecule has 3 rings (SSSR count). The van der Waals surface area contributed by atoms with Gasteiger partial charge < -0.3 is 20.3 Å². The van der Waals surface area contributed by atoms with Crippen molar-refractivity contribution in [2.75, 3.05) is 33.4 Å². The third kappa shape index (κ3) is 4.28. The van der Waals surface area contributed by atoms with Gasteiger partial charge in [0.2, 0.25) is 5.88 Å². The van der Waals surface area contributed by atoms with Gasteiger partial charge in [-0.3, -0.25) is 9.88 Å². The molecule has 0 bridgehead atoms. The Labute approximate surface area is 160 Å². The van der Waals surface area contributed by atoms with Gasteiger partial charge in [0, 0.05) is 37.2 Å². The lowest BCUT2D eigenvalue weighted by Gasteiger charge is -2.36. The molecule has 3 heterocycles. The first-order valence-corrected chi connectivity index (χ1v) is 8.88. The van der Waals surface area contributed by atoms with Crippen molar-refractivity contribution < 1.29 is 28.5 Å². The van der Waals surface area contributed by atoms with Gasteiger partial charge in [0.15, 0.2) is 0 Å². The predicted octanol–water partition coefficient (Wildman–Crippen LogP) is 1.53. The van der Waals surface area contributed by atoms with Crippen LogP contribution in [0.1, 0.15) is 17.9 Å². The van der Waals surface area contributed by atoms with Crippen molar-refractivity contribution in [3.8, 4) is 5.88 Å². The van der Waals surface area contributed by atoms with Crippen LogP contribution in [0.3, 0.4) is 0 Å². The van der Waals surface area contributed by atoms with Crippen LogP contribution >= 0.6 is 0 Å². The summed E-state index contributed by atoms with van der Waals surface area (Å²) in [6.45, 7) is 0.247. The molecule has 3 N–H and O–H groups in total. The first-order chi connectivity index (χ1) is 13.4. The van der Waals surface area contributed by atoms with Crippen molar-refractivity contribution in [3.63, 3.8) is 0 Å². The number of hydrogen-bond donors (Lipinski definition) is 3. The van der Waals surface area contributed by atoms with Crippen LogP contribution in [0.2, 0.25) is 0 Å². The zero-order valence-electron chi connectivity index (χ0n) is 15.3. The number of carboxylic acid groups (broad SMARTS) is 1. The van der Waals surface area contributed by atoms with Gasteiger partial charge >= 0.3 is 6.09 Å². The average Bonchev–Trinajstić information content (AvgIpc) is 2.67. The van der Waals surface area contributed by atoms with Crippen molar-refractivity contribution >= 4 is 17.1 Å². The largest absolute Gasteiger partial charge is 0.481 e. The highest BCUT2D eigenvalue weighted by atomic mass is 19.1. The van der Waals surface area contributed by atoms with E-state index < -0.39 is 30.0 Å². The second-order valence-corrected chi connectivity index (χ2v) is 6.74. The number of fused-ring (bicyclic) bond motifs is 1. The van der Waals surface area contributed by atoms with Gasteiger partial charge in [0.1, 0.15) is 12.0 Å². The van der Waals surface area contributed by atoms with Crippen molar-refractivity contribution in [1.82, 2.24) is 20.2 Å². The zero-order valence-corrected chi connectivity index (χ0v) is 15.3. The number of likely N-dealkylation sites (tertiary alicyclic amines) is 1. The number of pyridine rings is 2. The summed E-state index contributed by atoms with van der Waals surface area (Å²) in [6.07, 6.45) is -1.28. The maximum absolute atomic E-state index is 14.6. The summed E-state index contributed by atoms with van der Waals surface area (Å²) in [5, 5.41) is 20.8. The molecule has 28 heavy (non-hydrogen) atoms. The number of carbonyl (C=O) groups is 1. The first-order valence-electron chi connectivity index (χ1n) is 8.88. The molecule has 1 aliphatic rings. The number of halogens is 2. The molecule has 2 aromatic heterocycles. The van der Waals surface area contributed by atoms with Gasteiger partial charge in [0.05, 0.1) is 37.0 Å². The van der Waals surface area contributed by atoms with Gasteiger partial charge in [-0.25, -0.2) is 18.6 Å². The Morgan fingerprint density at radius 2 is 2.29 bits per heavy atom. The number of amides is 1. The van der Waals surface area contributed by atoms with Crippen molar-refractivity contribution in [2.45, 2.75) is 24.6 Å². The topological polar surface area (TPSA) is 108 Å². The molecule has 0 aromatic carbocycles. The van der Waals surface area contributed by atoms with Crippen LogP contribution in [-0.2, 0) is 0 Å². The Balaban J connectivity index is 1.82. The monoisotopic (exact) mass is 396 g/mol. The van der Waals surface area contributed by atoms with Crippen LogP contribution in [0, 0.1) is 5.82 Å². The SMILES string of the molecule is COc1ccc2ncc(F)c(C(CO)CN3CC[C@H](NC(=O)O)[C@H](F)C3)c2n1. The van der Waals surface area contributed by atoms with Crippen LogP contribution in [-0.4, -0.2) is 76.7 Å². The minimum Gasteiger partial charge on any atom is -0.481 e. The van der Waals surface area contributed by atoms with Gasteiger partial charge in [-0.1, -0.05) is 0 Å². The summed E-state index contributed by atoms with van der Waals surface area (Å²) >= 11 is 0. The normalized spacial score (nSPS) is 21.4. The highest BCUT2D eigenvalue weighted by Crippen LogP contribution is 2.29. The van der Waals surface area contributed by atoms with E-state index in [0.717, 1.165) is 6.20 Å². The van der Waals surface area contributed by atoms with Crippen LogP contribution in [0.5, 0.6) is 5.88 Å².